The van der Waals surface area contributed by atoms with E-state index in [9.17, 15) is 4.79 Å². The van der Waals surface area contributed by atoms with Gasteiger partial charge in [-0.25, -0.2) is 0 Å². The van der Waals surface area contributed by atoms with Crippen LogP contribution in [0.1, 0.15) is 41.8 Å². The number of nitrogens with zero attached hydrogens (tertiary/aromatic N) is 2. The summed E-state index contributed by atoms with van der Waals surface area (Å²) in [6.45, 7) is 4.50. The van der Waals surface area contributed by atoms with Crippen molar-refractivity contribution in [3.63, 3.8) is 0 Å². The highest BCUT2D eigenvalue weighted by atomic mass is 32.1. The summed E-state index contributed by atoms with van der Waals surface area (Å²) in [5, 5.41) is 10.4. The van der Waals surface area contributed by atoms with Gasteiger partial charge in [-0.15, -0.1) is 0 Å². The molecule has 0 bridgehead atoms. The lowest BCUT2D eigenvalue weighted by molar-refractivity contribution is 0.0954. The Labute approximate surface area is 109 Å². The van der Waals surface area contributed by atoms with Gasteiger partial charge in [-0.3, -0.25) is 4.79 Å². The first kappa shape index (κ1) is 12.8. The largest absolute Gasteiger partial charge is 0.352 e. The molecule has 1 N–H and O–H groups in total. The summed E-state index contributed by atoms with van der Waals surface area (Å²) >= 11 is 1.50. The molecule has 2 heterocycles. The second-order valence-corrected chi connectivity index (χ2v) is 5.00. The monoisotopic (exact) mass is 265 g/mol. The number of hydrogen-bond donors (Lipinski definition) is 1. The van der Waals surface area contributed by atoms with Gasteiger partial charge in [0.1, 0.15) is 0 Å². The zero-order valence-corrected chi connectivity index (χ0v) is 11.2. The Hall–Kier alpha value is -1.69. The summed E-state index contributed by atoms with van der Waals surface area (Å²) in [6, 6.07) is 1.80. The predicted molar refractivity (Wildman–Crippen MR) is 68.7 cm³/mol. The second-order valence-electron chi connectivity index (χ2n) is 4.22. The molecule has 0 unspecified atom stereocenters. The molecule has 2 rings (SSSR count). The number of carbonyl (C=O) groups is 1. The molecule has 18 heavy (non-hydrogen) atoms. The number of aromatic nitrogens is 2. The summed E-state index contributed by atoms with van der Waals surface area (Å²) in [7, 11) is 0. The molecule has 0 spiro atoms. The summed E-state index contributed by atoms with van der Waals surface area (Å²) < 4.78 is 5.08. The number of rotatable bonds is 5. The average Bonchev–Trinajstić information content (AvgIpc) is 3.00. The van der Waals surface area contributed by atoms with E-state index in [1.54, 1.807) is 6.07 Å². The van der Waals surface area contributed by atoms with E-state index >= 15 is 0 Å². The molecule has 5 nitrogen and oxygen atoms in total. The molecule has 0 fully saturated rings. The van der Waals surface area contributed by atoms with Gasteiger partial charge in [-0.2, -0.15) is 16.3 Å². The number of hydrogen-bond acceptors (Lipinski definition) is 5. The van der Waals surface area contributed by atoms with E-state index in [2.05, 4.69) is 15.5 Å². The van der Waals surface area contributed by atoms with Gasteiger partial charge in [0, 0.05) is 29.8 Å². The molecule has 2 aromatic rings. The molecular formula is C12H15N3O2S. The van der Waals surface area contributed by atoms with Crippen molar-refractivity contribution < 1.29 is 9.32 Å². The number of thiophene rings is 1. The third-order valence-corrected chi connectivity index (χ3v) is 3.08. The quantitative estimate of drug-likeness (QED) is 0.900. The molecule has 0 aliphatic carbocycles. The average molecular weight is 265 g/mol. The molecule has 0 atom stereocenters. The minimum absolute atomic E-state index is 0.0659. The fourth-order valence-electron chi connectivity index (χ4n) is 1.39. The third kappa shape index (κ3) is 3.16. The Kier molecular flexibility index (Phi) is 4.09. The van der Waals surface area contributed by atoms with E-state index in [-0.39, 0.29) is 11.8 Å². The van der Waals surface area contributed by atoms with Crippen LogP contribution in [0, 0.1) is 0 Å². The smallest absolute Gasteiger partial charge is 0.252 e. The van der Waals surface area contributed by atoms with Crippen molar-refractivity contribution in [2.75, 3.05) is 6.54 Å². The zero-order valence-electron chi connectivity index (χ0n) is 10.3. The highest BCUT2D eigenvalue weighted by Gasteiger charge is 2.10. The Morgan fingerprint density at radius 3 is 3.00 bits per heavy atom. The maximum absolute atomic E-state index is 11.6. The predicted octanol–water partition coefficient (Wildman–Crippen LogP) is 2.23. The topological polar surface area (TPSA) is 68.0 Å². The molecule has 1 amide bonds. The third-order valence-electron chi connectivity index (χ3n) is 2.40. The Morgan fingerprint density at radius 1 is 1.56 bits per heavy atom. The van der Waals surface area contributed by atoms with E-state index in [1.807, 2.05) is 24.6 Å². The second kappa shape index (κ2) is 5.77. The first-order chi connectivity index (χ1) is 8.66. The van der Waals surface area contributed by atoms with Crippen LogP contribution in [0.2, 0.25) is 0 Å². The molecule has 0 aliphatic rings. The fraction of sp³-hybridized carbons (Fsp3) is 0.417. The van der Waals surface area contributed by atoms with E-state index in [1.165, 1.54) is 11.3 Å². The normalized spacial score (nSPS) is 10.8. The van der Waals surface area contributed by atoms with Gasteiger partial charge in [0.05, 0.1) is 0 Å². The molecule has 0 aromatic carbocycles. The van der Waals surface area contributed by atoms with Gasteiger partial charge < -0.3 is 9.84 Å². The minimum atomic E-state index is -0.0659. The zero-order chi connectivity index (χ0) is 13.0. The highest BCUT2D eigenvalue weighted by Crippen LogP contribution is 2.10. The Balaban J connectivity index is 1.79. The van der Waals surface area contributed by atoms with Crippen LogP contribution >= 0.6 is 11.3 Å². The summed E-state index contributed by atoms with van der Waals surface area (Å²) in [6.07, 6.45) is 0.575. The van der Waals surface area contributed by atoms with Crippen LogP contribution in [-0.4, -0.2) is 22.6 Å². The van der Waals surface area contributed by atoms with Gasteiger partial charge in [-0.1, -0.05) is 19.0 Å². The standard InChI is InChI=1S/C12H15N3O2S/c1-8(2)12-14-10(15-17-12)3-5-13-11(16)9-4-6-18-7-9/h4,6-8H,3,5H2,1-2H3,(H,13,16). The number of nitrogens with one attached hydrogen (secondary N) is 1. The van der Waals surface area contributed by atoms with Crippen molar-refractivity contribution in [1.29, 1.82) is 0 Å². The Bertz CT molecular complexity index is 505. The van der Waals surface area contributed by atoms with Crippen molar-refractivity contribution >= 4 is 17.2 Å². The van der Waals surface area contributed by atoms with E-state index in [0.29, 0.717) is 30.2 Å². The Morgan fingerprint density at radius 2 is 2.39 bits per heavy atom. The first-order valence-electron chi connectivity index (χ1n) is 5.79. The van der Waals surface area contributed by atoms with Crippen molar-refractivity contribution in [1.82, 2.24) is 15.5 Å². The lowest BCUT2D eigenvalue weighted by Gasteiger charge is -2.00. The summed E-state index contributed by atoms with van der Waals surface area (Å²) in [4.78, 5) is 15.9. The van der Waals surface area contributed by atoms with Crippen molar-refractivity contribution in [2.45, 2.75) is 26.2 Å². The molecule has 6 heteroatoms. The molecule has 96 valence electrons. The molecule has 0 saturated heterocycles. The van der Waals surface area contributed by atoms with Crippen LogP contribution in [0.4, 0.5) is 0 Å². The summed E-state index contributed by atoms with van der Waals surface area (Å²) in [5.74, 6) is 1.42. The van der Waals surface area contributed by atoms with Crippen molar-refractivity contribution in [2.24, 2.45) is 0 Å². The maximum Gasteiger partial charge on any atom is 0.252 e. The fourth-order valence-corrected chi connectivity index (χ4v) is 2.02. The van der Waals surface area contributed by atoms with Crippen LogP contribution in [-0.2, 0) is 6.42 Å². The minimum Gasteiger partial charge on any atom is -0.352 e. The van der Waals surface area contributed by atoms with Crippen LogP contribution in [0.5, 0.6) is 0 Å². The van der Waals surface area contributed by atoms with Crippen LogP contribution < -0.4 is 5.32 Å². The molecule has 0 aliphatic heterocycles. The van der Waals surface area contributed by atoms with Crippen LogP contribution in [0.25, 0.3) is 0 Å². The van der Waals surface area contributed by atoms with Gasteiger partial charge in [0.25, 0.3) is 5.91 Å². The lowest BCUT2D eigenvalue weighted by atomic mass is 10.2. The molecule has 0 radical (unpaired) electrons. The number of amides is 1. The number of carbonyl (C=O) groups excluding carboxylic acids is 1. The SMILES string of the molecule is CC(C)c1nc(CCNC(=O)c2ccsc2)no1. The van der Waals surface area contributed by atoms with Gasteiger partial charge in [0.15, 0.2) is 5.82 Å². The van der Waals surface area contributed by atoms with Gasteiger partial charge >= 0.3 is 0 Å². The maximum atomic E-state index is 11.6. The first-order valence-corrected chi connectivity index (χ1v) is 6.74. The lowest BCUT2D eigenvalue weighted by Crippen LogP contribution is -2.25. The van der Waals surface area contributed by atoms with Gasteiger partial charge in [0.2, 0.25) is 5.89 Å². The van der Waals surface area contributed by atoms with Crippen molar-refractivity contribution in [3.05, 3.63) is 34.1 Å². The van der Waals surface area contributed by atoms with E-state index in [4.69, 9.17) is 4.52 Å². The molecular weight excluding hydrogens is 250 g/mol. The van der Waals surface area contributed by atoms with E-state index in [0.717, 1.165) is 0 Å². The van der Waals surface area contributed by atoms with Crippen LogP contribution in [0.3, 0.4) is 0 Å². The highest BCUT2D eigenvalue weighted by molar-refractivity contribution is 7.08. The molecule has 0 saturated carbocycles. The van der Waals surface area contributed by atoms with Gasteiger partial charge in [-0.05, 0) is 11.4 Å². The molecule has 2 aromatic heterocycles. The van der Waals surface area contributed by atoms with Crippen LogP contribution in [0.15, 0.2) is 21.3 Å². The van der Waals surface area contributed by atoms with Crippen molar-refractivity contribution in [3.8, 4) is 0 Å². The van der Waals surface area contributed by atoms with E-state index < -0.39 is 0 Å². The summed E-state index contributed by atoms with van der Waals surface area (Å²) in [5.41, 5.74) is 0.691.